The Bertz CT molecular complexity index is 563. The Kier molecular flexibility index (Phi) is 11.6. The maximum atomic E-state index is 11.4. The van der Waals surface area contributed by atoms with Crippen molar-refractivity contribution in [1.82, 2.24) is 20.3 Å². The minimum Gasteiger partial charge on any atom is -0.387 e. The van der Waals surface area contributed by atoms with Gasteiger partial charge in [-0.25, -0.2) is 13.1 Å². The van der Waals surface area contributed by atoms with Crippen LogP contribution in [0.25, 0.3) is 0 Å². The van der Waals surface area contributed by atoms with Crippen LogP contribution in [0.3, 0.4) is 0 Å². The Hall–Kier alpha value is -0.210. The molecule has 162 valence electrons. The summed E-state index contributed by atoms with van der Waals surface area (Å²) in [7, 11) is -3.31. The average Bonchev–Trinajstić information content (AvgIpc) is 2.48. The molecule has 0 aromatic rings. The Morgan fingerprint density at radius 1 is 1.22 bits per heavy atom. The van der Waals surface area contributed by atoms with Crippen molar-refractivity contribution in [2.24, 2.45) is 4.99 Å². The van der Waals surface area contributed by atoms with E-state index in [1.807, 2.05) is 6.92 Å². The molecule has 1 aliphatic heterocycles. The summed E-state index contributed by atoms with van der Waals surface area (Å²) >= 11 is 0. The maximum Gasteiger partial charge on any atom is 0.209 e. The molecule has 11 heteroatoms. The smallest absolute Gasteiger partial charge is 0.209 e. The first-order chi connectivity index (χ1) is 11.9. The molecule has 0 saturated carbocycles. The molecule has 0 bridgehead atoms. The molecule has 0 radical (unpaired) electrons. The van der Waals surface area contributed by atoms with Gasteiger partial charge in [0.15, 0.2) is 5.96 Å². The Morgan fingerprint density at radius 2 is 1.81 bits per heavy atom. The van der Waals surface area contributed by atoms with E-state index < -0.39 is 21.2 Å². The Morgan fingerprint density at radius 3 is 2.33 bits per heavy atom. The maximum absolute atomic E-state index is 11.4. The summed E-state index contributed by atoms with van der Waals surface area (Å²) in [6.07, 6.45) is 1.13. The van der Waals surface area contributed by atoms with Crippen LogP contribution in [0.15, 0.2) is 4.99 Å². The zero-order chi connectivity index (χ0) is 19.8. The Balaban J connectivity index is 0.00000676. The summed E-state index contributed by atoms with van der Waals surface area (Å²) in [5.74, 6) is 0.540. The van der Waals surface area contributed by atoms with Crippen LogP contribution in [-0.4, -0.2) is 94.3 Å². The molecule has 0 spiro atoms. The number of hydrogen-bond acceptors (Lipinski definition) is 6. The molecule has 0 aromatic carbocycles. The number of β-amino-alcohol motifs (C(OH)–C–C–N with tert-alkyl or cyclic N) is 1. The lowest BCUT2D eigenvalue weighted by molar-refractivity contribution is -0.0201. The number of sulfonamides is 1. The van der Waals surface area contributed by atoms with E-state index in [-0.39, 0.29) is 30.5 Å². The second-order valence-corrected chi connectivity index (χ2v) is 9.44. The van der Waals surface area contributed by atoms with Crippen LogP contribution in [0.1, 0.15) is 27.7 Å². The summed E-state index contributed by atoms with van der Waals surface area (Å²) in [6.45, 7) is 12.1. The molecule has 9 nitrogen and oxygen atoms in total. The highest BCUT2D eigenvalue weighted by Crippen LogP contribution is 2.08. The molecular weight excluding hydrogens is 485 g/mol. The largest absolute Gasteiger partial charge is 0.387 e. The molecule has 0 amide bonds. The molecular formula is C16H36IN5O4S. The normalized spacial score (nSPS) is 19.1. The van der Waals surface area contributed by atoms with Crippen molar-refractivity contribution in [3.8, 4) is 0 Å². The molecule has 0 aromatic heterocycles. The number of guanidine groups is 1. The van der Waals surface area contributed by atoms with Crippen molar-refractivity contribution in [1.29, 1.82) is 0 Å². The molecule has 0 aliphatic carbocycles. The van der Waals surface area contributed by atoms with Crippen LogP contribution in [0.2, 0.25) is 0 Å². The lowest BCUT2D eigenvalue weighted by Gasteiger charge is -2.34. The SMILES string of the molecule is CCNC(=NCC(C)(C)NS(C)(=O)=O)NCC(C)(O)CN1CCOCC1.I. The fraction of sp³-hybridized carbons (Fsp3) is 0.938. The van der Waals surface area contributed by atoms with Crippen LogP contribution in [0.4, 0.5) is 0 Å². The van der Waals surface area contributed by atoms with Crippen molar-refractivity contribution in [3.63, 3.8) is 0 Å². The summed E-state index contributed by atoms with van der Waals surface area (Å²) in [4.78, 5) is 6.62. The highest BCUT2D eigenvalue weighted by Gasteiger charge is 2.26. The molecule has 27 heavy (non-hydrogen) atoms. The van der Waals surface area contributed by atoms with Gasteiger partial charge in [0, 0.05) is 38.3 Å². The first-order valence-corrected chi connectivity index (χ1v) is 10.9. The third-order valence-electron chi connectivity index (χ3n) is 3.74. The van der Waals surface area contributed by atoms with E-state index >= 15 is 0 Å². The first-order valence-electron chi connectivity index (χ1n) is 8.96. The number of nitrogens with zero attached hydrogens (tertiary/aromatic N) is 2. The van der Waals surface area contributed by atoms with Gasteiger partial charge in [-0.3, -0.25) is 9.89 Å². The fourth-order valence-electron chi connectivity index (χ4n) is 2.72. The summed E-state index contributed by atoms with van der Waals surface area (Å²) < 4.78 is 30.7. The minimum absolute atomic E-state index is 0. The second-order valence-electron chi connectivity index (χ2n) is 7.69. The molecule has 1 rings (SSSR count). The highest BCUT2D eigenvalue weighted by atomic mass is 127. The van der Waals surface area contributed by atoms with Crippen molar-refractivity contribution in [2.75, 3.05) is 58.7 Å². The molecule has 1 aliphatic rings. The number of ether oxygens (including phenoxy) is 1. The third-order valence-corrected chi connectivity index (χ3v) is 4.67. The average molecular weight is 521 g/mol. The summed E-state index contributed by atoms with van der Waals surface area (Å²) in [5, 5.41) is 16.9. The van der Waals surface area contributed by atoms with E-state index in [2.05, 4.69) is 25.2 Å². The topological polar surface area (TPSA) is 115 Å². The van der Waals surface area contributed by atoms with E-state index in [0.717, 1.165) is 19.3 Å². The van der Waals surface area contributed by atoms with Gasteiger partial charge < -0.3 is 20.5 Å². The van der Waals surface area contributed by atoms with Gasteiger partial charge in [0.05, 0.1) is 31.6 Å². The van der Waals surface area contributed by atoms with Crippen molar-refractivity contribution in [3.05, 3.63) is 0 Å². The number of halogens is 1. The lowest BCUT2D eigenvalue weighted by atomic mass is 10.1. The number of aliphatic hydroxyl groups is 1. The van der Waals surface area contributed by atoms with Crippen molar-refractivity contribution in [2.45, 2.75) is 38.8 Å². The molecule has 1 unspecified atom stereocenters. The van der Waals surface area contributed by atoms with Gasteiger partial charge in [-0.2, -0.15) is 0 Å². The molecule has 1 saturated heterocycles. The van der Waals surface area contributed by atoms with Crippen LogP contribution in [0.5, 0.6) is 0 Å². The molecule has 1 atom stereocenters. The van der Waals surface area contributed by atoms with Crippen LogP contribution in [-0.2, 0) is 14.8 Å². The Labute approximate surface area is 180 Å². The number of hydrogen-bond donors (Lipinski definition) is 4. The second kappa shape index (κ2) is 11.7. The minimum atomic E-state index is -3.31. The van der Waals surface area contributed by atoms with Crippen molar-refractivity contribution < 1.29 is 18.3 Å². The van der Waals surface area contributed by atoms with Gasteiger partial charge in [-0.05, 0) is 27.7 Å². The van der Waals surface area contributed by atoms with Crippen LogP contribution in [0, 0.1) is 0 Å². The summed E-state index contributed by atoms with van der Waals surface area (Å²) in [5.41, 5.74) is -1.62. The number of aliphatic imine (C=N–C) groups is 1. The van der Waals surface area contributed by atoms with Gasteiger partial charge in [0.1, 0.15) is 0 Å². The highest BCUT2D eigenvalue weighted by molar-refractivity contribution is 14.0. The van der Waals surface area contributed by atoms with Crippen LogP contribution >= 0.6 is 24.0 Å². The number of nitrogens with one attached hydrogen (secondary N) is 3. The van der Waals surface area contributed by atoms with E-state index in [1.165, 1.54) is 0 Å². The fourth-order valence-corrected chi connectivity index (χ4v) is 3.79. The number of rotatable bonds is 9. The van der Waals surface area contributed by atoms with Gasteiger partial charge in [-0.1, -0.05) is 0 Å². The predicted molar refractivity (Wildman–Crippen MR) is 119 cm³/mol. The van der Waals surface area contributed by atoms with E-state index in [1.54, 1.807) is 20.8 Å². The molecule has 4 N–H and O–H groups in total. The zero-order valence-corrected chi connectivity index (χ0v) is 20.2. The van der Waals surface area contributed by atoms with Gasteiger partial charge in [-0.15, -0.1) is 24.0 Å². The van der Waals surface area contributed by atoms with E-state index in [4.69, 9.17) is 4.74 Å². The lowest BCUT2D eigenvalue weighted by Crippen LogP contribution is -2.53. The van der Waals surface area contributed by atoms with Gasteiger partial charge >= 0.3 is 0 Å². The summed E-state index contributed by atoms with van der Waals surface area (Å²) in [6, 6.07) is 0. The zero-order valence-electron chi connectivity index (χ0n) is 17.0. The first kappa shape index (κ1) is 26.8. The van der Waals surface area contributed by atoms with Gasteiger partial charge in [0.25, 0.3) is 0 Å². The van der Waals surface area contributed by atoms with Gasteiger partial charge in [0.2, 0.25) is 10.0 Å². The standard InChI is InChI=1S/C16H35N5O4S.HI/c1-6-17-14(18-11-15(2,3)20-26(5,23)24)19-12-16(4,22)13-21-7-9-25-10-8-21;/h20,22H,6-13H2,1-5H3,(H2,17,18,19);1H. The van der Waals surface area contributed by atoms with E-state index in [0.29, 0.717) is 38.8 Å². The quantitative estimate of drug-likeness (QED) is 0.185. The van der Waals surface area contributed by atoms with E-state index in [9.17, 15) is 13.5 Å². The van der Waals surface area contributed by atoms with Crippen LogP contribution < -0.4 is 15.4 Å². The molecule has 1 fully saturated rings. The number of morpholine rings is 1. The monoisotopic (exact) mass is 521 g/mol. The third kappa shape index (κ3) is 12.8. The van der Waals surface area contributed by atoms with Crippen molar-refractivity contribution >= 4 is 40.0 Å². The predicted octanol–water partition coefficient (Wildman–Crippen LogP) is -0.429. The molecule has 1 heterocycles.